The van der Waals surface area contributed by atoms with E-state index in [0.29, 0.717) is 6.42 Å². The van der Waals surface area contributed by atoms with Crippen molar-refractivity contribution in [2.45, 2.75) is 53.0 Å². The van der Waals surface area contributed by atoms with E-state index >= 15 is 0 Å². The topological polar surface area (TPSA) is 55.1 Å². The van der Waals surface area contributed by atoms with E-state index in [4.69, 9.17) is 5.73 Å². The van der Waals surface area contributed by atoms with E-state index in [1.807, 2.05) is 13.8 Å². The maximum Gasteiger partial charge on any atom is 0.221 e. The summed E-state index contributed by atoms with van der Waals surface area (Å²) >= 11 is 0. The van der Waals surface area contributed by atoms with Crippen LogP contribution in [0.1, 0.15) is 47.5 Å². The first-order chi connectivity index (χ1) is 6.10. The highest BCUT2D eigenvalue weighted by Crippen LogP contribution is 2.17. The highest BCUT2D eigenvalue weighted by atomic mass is 16.1. The quantitative estimate of drug-likeness (QED) is 0.725. The van der Waals surface area contributed by atoms with Gasteiger partial charge in [-0.1, -0.05) is 20.8 Å². The molecule has 0 aliphatic carbocycles. The van der Waals surface area contributed by atoms with Crippen molar-refractivity contribution in [3.05, 3.63) is 0 Å². The van der Waals surface area contributed by atoms with Crippen LogP contribution in [0.15, 0.2) is 0 Å². The SMILES string of the molecule is CC(C)(C)CCNC(=O)CC(C)(C)N. The van der Waals surface area contributed by atoms with Crippen LogP contribution in [0.4, 0.5) is 0 Å². The van der Waals surface area contributed by atoms with E-state index in [0.717, 1.165) is 13.0 Å². The van der Waals surface area contributed by atoms with Gasteiger partial charge in [0.15, 0.2) is 0 Å². The molecule has 0 radical (unpaired) electrons. The summed E-state index contributed by atoms with van der Waals surface area (Å²) in [6.45, 7) is 10.9. The third kappa shape index (κ3) is 9.52. The molecule has 0 bridgehead atoms. The molecule has 0 saturated heterocycles. The Balaban J connectivity index is 3.66. The molecule has 0 aliphatic heterocycles. The number of amides is 1. The predicted molar refractivity (Wildman–Crippen MR) is 60.0 cm³/mol. The summed E-state index contributed by atoms with van der Waals surface area (Å²) in [5.74, 6) is 0.0433. The number of hydrogen-bond donors (Lipinski definition) is 2. The fourth-order valence-corrected chi connectivity index (χ4v) is 1.05. The van der Waals surface area contributed by atoms with Crippen molar-refractivity contribution in [3.8, 4) is 0 Å². The Morgan fingerprint density at radius 1 is 1.21 bits per heavy atom. The molecule has 0 saturated carbocycles. The van der Waals surface area contributed by atoms with Crippen LogP contribution in [0.2, 0.25) is 0 Å². The summed E-state index contributed by atoms with van der Waals surface area (Å²) in [4.78, 5) is 11.4. The second kappa shape index (κ2) is 4.78. The number of carbonyl (C=O) groups is 1. The summed E-state index contributed by atoms with van der Waals surface area (Å²) in [5, 5.41) is 2.88. The molecular formula is C11H24N2O. The van der Waals surface area contributed by atoms with Gasteiger partial charge in [0.2, 0.25) is 5.91 Å². The molecule has 84 valence electrons. The van der Waals surface area contributed by atoms with Crippen molar-refractivity contribution in [3.63, 3.8) is 0 Å². The van der Waals surface area contributed by atoms with Crippen LogP contribution < -0.4 is 11.1 Å². The zero-order chi connectivity index (χ0) is 11.4. The third-order valence-electron chi connectivity index (χ3n) is 1.81. The highest BCUT2D eigenvalue weighted by Gasteiger charge is 2.16. The number of rotatable bonds is 4. The molecule has 1 amide bonds. The molecule has 0 rings (SSSR count). The number of hydrogen-bond acceptors (Lipinski definition) is 2. The molecule has 0 atom stereocenters. The monoisotopic (exact) mass is 200 g/mol. The smallest absolute Gasteiger partial charge is 0.221 e. The summed E-state index contributed by atoms with van der Waals surface area (Å²) in [6, 6.07) is 0. The molecule has 3 N–H and O–H groups in total. The van der Waals surface area contributed by atoms with Crippen LogP contribution in [0.25, 0.3) is 0 Å². The molecule has 0 heterocycles. The second-order valence-corrected chi connectivity index (χ2v) is 5.83. The molecule has 3 heteroatoms. The van der Waals surface area contributed by atoms with Gasteiger partial charge in [0.1, 0.15) is 0 Å². The lowest BCUT2D eigenvalue weighted by Gasteiger charge is -2.20. The average molecular weight is 200 g/mol. The van der Waals surface area contributed by atoms with Gasteiger partial charge in [-0.15, -0.1) is 0 Å². The molecule has 14 heavy (non-hydrogen) atoms. The van der Waals surface area contributed by atoms with Crippen molar-refractivity contribution >= 4 is 5.91 Å². The molecule has 0 unspecified atom stereocenters. The van der Waals surface area contributed by atoms with Gasteiger partial charge in [0.05, 0.1) is 0 Å². The standard InChI is InChI=1S/C11H24N2O/c1-10(2,3)6-7-13-9(14)8-11(4,5)12/h6-8,12H2,1-5H3,(H,13,14). The van der Waals surface area contributed by atoms with Gasteiger partial charge in [0, 0.05) is 18.5 Å². The number of nitrogens with one attached hydrogen (secondary N) is 1. The van der Waals surface area contributed by atoms with Gasteiger partial charge in [-0.05, 0) is 25.7 Å². The van der Waals surface area contributed by atoms with Crippen LogP contribution in [-0.2, 0) is 4.79 Å². The van der Waals surface area contributed by atoms with Crippen LogP contribution >= 0.6 is 0 Å². The summed E-state index contributed by atoms with van der Waals surface area (Å²) in [7, 11) is 0. The Labute approximate surface area is 87.4 Å². The van der Waals surface area contributed by atoms with Gasteiger partial charge in [-0.2, -0.15) is 0 Å². The number of nitrogens with two attached hydrogens (primary N) is 1. The van der Waals surface area contributed by atoms with Crippen LogP contribution in [0.3, 0.4) is 0 Å². The summed E-state index contributed by atoms with van der Waals surface area (Å²) in [6.07, 6.45) is 1.38. The summed E-state index contributed by atoms with van der Waals surface area (Å²) in [5.41, 5.74) is 5.59. The molecule has 3 nitrogen and oxygen atoms in total. The van der Waals surface area contributed by atoms with Crippen molar-refractivity contribution in [2.24, 2.45) is 11.1 Å². The molecule has 0 aromatic carbocycles. The van der Waals surface area contributed by atoms with Gasteiger partial charge >= 0.3 is 0 Å². The van der Waals surface area contributed by atoms with Crippen molar-refractivity contribution in [2.75, 3.05) is 6.54 Å². The Bertz CT molecular complexity index is 186. The van der Waals surface area contributed by atoms with Gasteiger partial charge < -0.3 is 11.1 Å². The van der Waals surface area contributed by atoms with Crippen molar-refractivity contribution < 1.29 is 4.79 Å². The minimum absolute atomic E-state index is 0.0433. The van der Waals surface area contributed by atoms with E-state index in [9.17, 15) is 4.79 Å². The molecule has 0 aromatic heterocycles. The minimum atomic E-state index is -0.411. The zero-order valence-corrected chi connectivity index (χ0v) is 10.1. The van der Waals surface area contributed by atoms with E-state index < -0.39 is 5.54 Å². The Morgan fingerprint density at radius 3 is 2.07 bits per heavy atom. The second-order valence-electron chi connectivity index (χ2n) is 5.83. The molecule has 0 aliphatic rings. The lowest BCUT2D eigenvalue weighted by Crippen LogP contribution is -2.39. The lowest BCUT2D eigenvalue weighted by atomic mass is 9.92. The average Bonchev–Trinajstić information content (AvgIpc) is 1.78. The lowest BCUT2D eigenvalue weighted by molar-refractivity contribution is -0.122. The van der Waals surface area contributed by atoms with Gasteiger partial charge in [0.25, 0.3) is 0 Å². The Hall–Kier alpha value is -0.570. The van der Waals surface area contributed by atoms with E-state index in [-0.39, 0.29) is 11.3 Å². The summed E-state index contributed by atoms with van der Waals surface area (Å²) < 4.78 is 0. The van der Waals surface area contributed by atoms with E-state index in [1.54, 1.807) is 0 Å². The normalized spacial score (nSPS) is 12.7. The Kier molecular flexibility index (Phi) is 4.59. The predicted octanol–water partition coefficient (Wildman–Crippen LogP) is 1.67. The molecular weight excluding hydrogens is 176 g/mol. The van der Waals surface area contributed by atoms with Gasteiger partial charge in [-0.3, -0.25) is 4.79 Å². The van der Waals surface area contributed by atoms with Crippen molar-refractivity contribution in [1.29, 1.82) is 0 Å². The minimum Gasteiger partial charge on any atom is -0.356 e. The first kappa shape index (κ1) is 13.4. The molecule has 0 aromatic rings. The maximum atomic E-state index is 11.4. The van der Waals surface area contributed by atoms with E-state index in [2.05, 4.69) is 26.1 Å². The van der Waals surface area contributed by atoms with Gasteiger partial charge in [-0.25, -0.2) is 0 Å². The number of carbonyl (C=O) groups excluding carboxylic acids is 1. The van der Waals surface area contributed by atoms with Crippen LogP contribution in [0, 0.1) is 5.41 Å². The molecule has 0 spiro atoms. The molecule has 0 fully saturated rings. The highest BCUT2D eigenvalue weighted by molar-refractivity contribution is 5.76. The van der Waals surface area contributed by atoms with Crippen LogP contribution in [-0.4, -0.2) is 18.0 Å². The fraction of sp³-hybridized carbons (Fsp3) is 0.909. The van der Waals surface area contributed by atoms with E-state index in [1.165, 1.54) is 0 Å². The third-order valence-corrected chi connectivity index (χ3v) is 1.81. The zero-order valence-electron chi connectivity index (χ0n) is 10.1. The van der Waals surface area contributed by atoms with Crippen LogP contribution in [0.5, 0.6) is 0 Å². The van der Waals surface area contributed by atoms with Crippen molar-refractivity contribution in [1.82, 2.24) is 5.32 Å². The first-order valence-electron chi connectivity index (χ1n) is 5.16. The largest absolute Gasteiger partial charge is 0.356 e. The fourth-order valence-electron chi connectivity index (χ4n) is 1.05. The Morgan fingerprint density at radius 2 is 1.71 bits per heavy atom. The maximum absolute atomic E-state index is 11.4. The first-order valence-corrected chi connectivity index (χ1v) is 5.16.